The average molecular weight is 298 g/mol. The van der Waals surface area contributed by atoms with E-state index < -0.39 is 0 Å². The van der Waals surface area contributed by atoms with E-state index in [2.05, 4.69) is 32.9 Å². The first-order chi connectivity index (χ1) is 10.1. The maximum Gasteiger partial charge on any atom is 0.0924 e. The van der Waals surface area contributed by atoms with Crippen molar-refractivity contribution in [1.82, 2.24) is 0 Å². The molecule has 0 aliphatic heterocycles. The number of rotatable bonds is 15. The van der Waals surface area contributed by atoms with E-state index in [1.54, 1.807) is 0 Å². The van der Waals surface area contributed by atoms with E-state index >= 15 is 0 Å². The standard InChI is InChI=1S/C19H39NO/c1-5-7-9-11-13-17(3)15-19(20-21)16-18(4)14-12-10-8-6-2/h17-19H,5-16H2,1-4H3. The van der Waals surface area contributed by atoms with Crippen LogP contribution in [0.4, 0.5) is 0 Å². The first-order valence-electron chi connectivity index (χ1n) is 9.46. The van der Waals surface area contributed by atoms with Gasteiger partial charge in [-0.15, -0.1) is 0 Å². The molecule has 0 heterocycles. The largest absolute Gasteiger partial charge is 0.151 e. The highest BCUT2D eigenvalue weighted by Gasteiger charge is 2.16. The molecule has 126 valence electrons. The summed E-state index contributed by atoms with van der Waals surface area (Å²) in [6, 6.07) is 0.0485. The number of hydrogen-bond acceptors (Lipinski definition) is 2. The summed E-state index contributed by atoms with van der Waals surface area (Å²) in [5, 5.41) is 3.41. The van der Waals surface area contributed by atoms with Crippen molar-refractivity contribution >= 4 is 0 Å². The second-order valence-corrected chi connectivity index (χ2v) is 7.14. The van der Waals surface area contributed by atoms with Gasteiger partial charge in [-0.1, -0.05) is 97.1 Å². The topological polar surface area (TPSA) is 29.4 Å². The molecule has 0 aromatic carbocycles. The van der Waals surface area contributed by atoms with Crippen molar-refractivity contribution in [3.8, 4) is 0 Å². The third-order valence-corrected chi connectivity index (χ3v) is 4.60. The third kappa shape index (κ3) is 13.0. The zero-order chi connectivity index (χ0) is 15.9. The number of unbranched alkanes of at least 4 members (excludes halogenated alkanes) is 6. The van der Waals surface area contributed by atoms with E-state index in [-0.39, 0.29) is 6.04 Å². The van der Waals surface area contributed by atoms with Crippen LogP contribution in [0.2, 0.25) is 0 Å². The summed E-state index contributed by atoms with van der Waals surface area (Å²) in [5.41, 5.74) is 0. The monoisotopic (exact) mass is 297 g/mol. The second-order valence-electron chi connectivity index (χ2n) is 7.14. The molecule has 0 fully saturated rings. The van der Waals surface area contributed by atoms with Crippen LogP contribution in [0, 0.1) is 16.7 Å². The lowest BCUT2D eigenvalue weighted by Crippen LogP contribution is -2.14. The van der Waals surface area contributed by atoms with Crippen LogP contribution in [0.25, 0.3) is 0 Å². The lowest BCUT2D eigenvalue weighted by atomic mass is 9.89. The van der Waals surface area contributed by atoms with Crippen molar-refractivity contribution in [2.24, 2.45) is 17.0 Å². The van der Waals surface area contributed by atoms with Gasteiger partial charge in [-0.25, -0.2) is 0 Å². The fourth-order valence-electron chi connectivity index (χ4n) is 3.19. The van der Waals surface area contributed by atoms with Crippen molar-refractivity contribution in [3.05, 3.63) is 4.91 Å². The van der Waals surface area contributed by atoms with Crippen LogP contribution in [0.15, 0.2) is 5.18 Å². The molecule has 0 saturated heterocycles. The molecule has 0 radical (unpaired) electrons. The quantitative estimate of drug-likeness (QED) is 0.234. The molecule has 0 rings (SSSR count). The molecule has 0 saturated carbocycles. The van der Waals surface area contributed by atoms with Crippen LogP contribution in [0.1, 0.15) is 105 Å². The highest BCUT2D eigenvalue weighted by atomic mass is 16.3. The smallest absolute Gasteiger partial charge is 0.0924 e. The van der Waals surface area contributed by atoms with Gasteiger partial charge in [0, 0.05) is 0 Å². The summed E-state index contributed by atoms with van der Waals surface area (Å²) < 4.78 is 0. The summed E-state index contributed by atoms with van der Waals surface area (Å²) in [6.45, 7) is 9.07. The minimum absolute atomic E-state index is 0.0485. The molecular weight excluding hydrogens is 258 g/mol. The van der Waals surface area contributed by atoms with Crippen LogP contribution >= 0.6 is 0 Å². The Balaban J connectivity index is 3.79. The SMILES string of the molecule is CCCCCCC(C)CC(CC(C)CCCCCC)N=O. The Bertz CT molecular complexity index is 210. The van der Waals surface area contributed by atoms with E-state index in [1.165, 1.54) is 64.2 Å². The minimum atomic E-state index is 0.0485. The number of nitrogens with zero attached hydrogens (tertiary/aromatic N) is 1. The first-order valence-corrected chi connectivity index (χ1v) is 9.46. The lowest BCUT2D eigenvalue weighted by molar-refractivity contribution is 0.356. The predicted octanol–water partition coefficient (Wildman–Crippen LogP) is 7.11. The molecule has 0 aliphatic rings. The average Bonchev–Trinajstić information content (AvgIpc) is 2.47. The summed E-state index contributed by atoms with van der Waals surface area (Å²) in [6.07, 6.45) is 15.1. The van der Waals surface area contributed by atoms with Gasteiger partial charge in [0.05, 0.1) is 6.04 Å². The predicted molar refractivity (Wildman–Crippen MR) is 94.7 cm³/mol. The van der Waals surface area contributed by atoms with Crippen molar-refractivity contribution in [2.75, 3.05) is 0 Å². The second kappa shape index (κ2) is 14.5. The molecule has 2 nitrogen and oxygen atoms in total. The highest BCUT2D eigenvalue weighted by Crippen LogP contribution is 2.23. The van der Waals surface area contributed by atoms with Crippen molar-refractivity contribution in [3.63, 3.8) is 0 Å². The van der Waals surface area contributed by atoms with Gasteiger partial charge in [0.1, 0.15) is 0 Å². The molecule has 0 N–H and O–H groups in total. The molecule has 0 aromatic rings. The normalized spacial score (nSPS) is 15.6. The summed E-state index contributed by atoms with van der Waals surface area (Å²) in [5.74, 6) is 1.30. The van der Waals surface area contributed by atoms with Gasteiger partial charge >= 0.3 is 0 Å². The van der Waals surface area contributed by atoms with Crippen molar-refractivity contribution in [2.45, 2.75) is 111 Å². The maximum atomic E-state index is 11.1. The molecule has 0 bridgehead atoms. The highest BCUT2D eigenvalue weighted by molar-refractivity contribution is 4.72. The Morgan fingerprint density at radius 3 is 1.48 bits per heavy atom. The Kier molecular flexibility index (Phi) is 14.3. The Morgan fingerprint density at radius 2 is 1.14 bits per heavy atom. The minimum Gasteiger partial charge on any atom is -0.151 e. The van der Waals surface area contributed by atoms with Gasteiger partial charge in [0.25, 0.3) is 0 Å². The van der Waals surface area contributed by atoms with Gasteiger partial charge in [-0.05, 0) is 24.7 Å². The van der Waals surface area contributed by atoms with Gasteiger partial charge in [0.15, 0.2) is 0 Å². The summed E-state index contributed by atoms with van der Waals surface area (Å²) in [4.78, 5) is 11.1. The van der Waals surface area contributed by atoms with Crippen LogP contribution in [0.5, 0.6) is 0 Å². The van der Waals surface area contributed by atoms with Gasteiger partial charge in [-0.3, -0.25) is 0 Å². The van der Waals surface area contributed by atoms with E-state index in [0.29, 0.717) is 11.8 Å². The van der Waals surface area contributed by atoms with E-state index in [4.69, 9.17) is 0 Å². The Morgan fingerprint density at radius 1 is 0.714 bits per heavy atom. The molecule has 2 unspecified atom stereocenters. The molecule has 21 heavy (non-hydrogen) atoms. The van der Waals surface area contributed by atoms with Gasteiger partial charge < -0.3 is 0 Å². The van der Waals surface area contributed by atoms with Crippen LogP contribution in [-0.4, -0.2) is 6.04 Å². The Hall–Kier alpha value is -0.400. The number of hydrogen-bond donors (Lipinski definition) is 0. The molecule has 0 aliphatic carbocycles. The number of nitroso groups, excluding NO2 is 1. The summed E-state index contributed by atoms with van der Waals surface area (Å²) >= 11 is 0. The first kappa shape index (κ1) is 20.6. The lowest BCUT2D eigenvalue weighted by Gasteiger charge is -2.19. The molecule has 0 spiro atoms. The van der Waals surface area contributed by atoms with Gasteiger partial charge in [0.2, 0.25) is 0 Å². The molecule has 2 heteroatoms. The third-order valence-electron chi connectivity index (χ3n) is 4.60. The summed E-state index contributed by atoms with van der Waals surface area (Å²) in [7, 11) is 0. The van der Waals surface area contributed by atoms with Crippen molar-refractivity contribution < 1.29 is 0 Å². The van der Waals surface area contributed by atoms with E-state index in [9.17, 15) is 4.91 Å². The van der Waals surface area contributed by atoms with Crippen molar-refractivity contribution in [1.29, 1.82) is 0 Å². The van der Waals surface area contributed by atoms with E-state index in [1.807, 2.05) is 0 Å². The van der Waals surface area contributed by atoms with Gasteiger partial charge in [-0.2, -0.15) is 4.91 Å². The fourth-order valence-corrected chi connectivity index (χ4v) is 3.19. The van der Waals surface area contributed by atoms with Crippen LogP contribution < -0.4 is 0 Å². The molecular formula is C19H39NO. The van der Waals surface area contributed by atoms with E-state index in [0.717, 1.165) is 12.8 Å². The van der Waals surface area contributed by atoms with Crippen LogP contribution in [-0.2, 0) is 0 Å². The molecule has 0 amide bonds. The maximum absolute atomic E-state index is 11.1. The molecule has 2 atom stereocenters. The fraction of sp³-hybridized carbons (Fsp3) is 1.00. The zero-order valence-corrected chi connectivity index (χ0v) is 15.1. The molecule has 0 aromatic heterocycles. The van der Waals surface area contributed by atoms with Crippen LogP contribution in [0.3, 0.4) is 0 Å². The zero-order valence-electron chi connectivity index (χ0n) is 15.1. The Labute approximate surface area is 133 Å².